The fraction of sp³-hybridized carbons (Fsp3) is 0.531. The van der Waals surface area contributed by atoms with Gasteiger partial charge in [0.25, 0.3) is 5.91 Å². The Morgan fingerprint density at radius 2 is 1.82 bits per heavy atom. The van der Waals surface area contributed by atoms with Crippen LogP contribution in [0.5, 0.6) is 5.75 Å². The van der Waals surface area contributed by atoms with Gasteiger partial charge in [-0.2, -0.15) is 0 Å². The number of hydrogen-bond acceptors (Lipinski definition) is 9. The van der Waals surface area contributed by atoms with E-state index >= 15 is 0 Å². The number of morpholine rings is 1. The Kier molecular flexibility index (Phi) is 9.60. The Bertz CT molecular complexity index is 1400. The fourth-order valence-corrected chi connectivity index (χ4v) is 7.00. The highest BCUT2D eigenvalue weighted by Crippen LogP contribution is 2.28. The molecule has 4 aliphatic heterocycles. The number of methoxy groups -OCH3 is 1. The zero-order valence-electron chi connectivity index (χ0n) is 25.1. The maximum atomic E-state index is 14.1. The van der Waals surface area contributed by atoms with Crippen molar-refractivity contribution in [2.75, 3.05) is 46.4 Å². The summed E-state index contributed by atoms with van der Waals surface area (Å²) in [5.41, 5.74) is 1.35. The molecule has 0 aromatic heterocycles. The fourth-order valence-electron chi connectivity index (χ4n) is 6.78. The van der Waals surface area contributed by atoms with Crippen LogP contribution in [0, 0.1) is 0 Å². The number of aliphatic hydroxyl groups excluding tert-OH is 2. The summed E-state index contributed by atoms with van der Waals surface area (Å²) in [4.78, 5) is 46.4. The lowest BCUT2D eigenvalue weighted by Gasteiger charge is -2.38. The molecule has 45 heavy (non-hydrogen) atoms. The molecule has 7 atom stereocenters. The van der Waals surface area contributed by atoms with Gasteiger partial charge < -0.3 is 39.5 Å². The van der Waals surface area contributed by atoms with Crippen LogP contribution in [0.3, 0.4) is 0 Å². The Labute approximate surface area is 266 Å². The van der Waals surface area contributed by atoms with Gasteiger partial charge in [0.1, 0.15) is 24.1 Å². The van der Waals surface area contributed by atoms with E-state index in [1.807, 2.05) is 18.2 Å². The third-order valence-corrected chi connectivity index (χ3v) is 9.31. The molecular formula is C32H39ClN4O8. The summed E-state index contributed by atoms with van der Waals surface area (Å²) < 4.78 is 17.3. The number of likely N-dealkylation sites (tertiary alicyclic amines) is 1. The lowest BCUT2D eigenvalue weighted by molar-refractivity contribution is -0.144. The first-order valence-electron chi connectivity index (χ1n) is 15.3. The maximum absolute atomic E-state index is 14.1. The van der Waals surface area contributed by atoms with Crippen molar-refractivity contribution in [2.24, 2.45) is 0 Å². The molecule has 0 unspecified atom stereocenters. The van der Waals surface area contributed by atoms with Gasteiger partial charge in [-0.25, -0.2) is 0 Å². The topological polar surface area (TPSA) is 141 Å². The predicted octanol–water partition coefficient (Wildman–Crippen LogP) is 0.670. The Morgan fingerprint density at radius 3 is 2.58 bits per heavy atom. The number of ether oxygens (including phenoxy) is 3. The predicted molar refractivity (Wildman–Crippen MR) is 163 cm³/mol. The van der Waals surface area contributed by atoms with Crippen molar-refractivity contribution >= 4 is 29.3 Å². The number of nitrogens with zero attached hydrogens (tertiary/aromatic N) is 3. The molecule has 4 saturated heterocycles. The molecule has 4 fully saturated rings. The van der Waals surface area contributed by atoms with Gasteiger partial charge in [-0.1, -0.05) is 23.7 Å². The third kappa shape index (κ3) is 7.11. The van der Waals surface area contributed by atoms with Gasteiger partial charge in [0.2, 0.25) is 11.8 Å². The zero-order valence-corrected chi connectivity index (χ0v) is 25.8. The monoisotopic (exact) mass is 642 g/mol. The number of fused-ring (bicyclic) bond motifs is 6. The average Bonchev–Trinajstić information content (AvgIpc) is 3.54. The van der Waals surface area contributed by atoms with Crippen molar-refractivity contribution in [1.82, 2.24) is 20.0 Å². The van der Waals surface area contributed by atoms with Crippen molar-refractivity contribution in [1.29, 1.82) is 0 Å². The first kappa shape index (κ1) is 31.7. The summed E-state index contributed by atoms with van der Waals surface area (Å²) in [6.07, 6.45) is -4.77. The molecule has 4 aliphatic rings. The summed E-state index contributed by atoms with van der Waals surface area (Å²) in [5, 5.41) is 25.4. The van der Waals surface area contributed by atoms with Gasteiger partial charge in [0.15, 0.2) is 0 Å². The standard InChI is InChI=1S/C32H39ClN4O8/c1-43-23-7-5-20(6-8-23)31(41)37-17-24-16-35(9-10-44-24)32(42)25-12-22(15-36(25)14-19-3-2-4-21(33)11-19)34-28(38)13-26-29(39)30(40)27(18-37)45-26/h2-8,11,22,24-27,29-30,39-40H,9-10,12-18H2,1H3,(H,34,38)/t22-,24-,25-,26-,27+,29-,30+/m0/s1. The zero-order chi connectivity index (χ0) is 31.7. The van der Waals surface area contributed by atoms with E-state index in [1.165, 1.54) is 4.90 Å². The van der Waals surface area contributed by atoms with Crippen LogP contribution in [0.1, 0.15) is 28.8 Å². The molecule has 4 heterocycles. The van der Waals surface area contributed by atoms with Crippen LogP contribution in [-0.2, 0) is 25.6 Å². The van der Waals surface area contributed by atoms with Crippen molar-refractivity contribution < 1.29 is 38.8 Å². The van der Waals surface area contributed by atoms with Crippen LogP contribution >= 0.6 is 11.6 Å². The first-order chi connectivity index (χ1) is 21.7. The number of halogens is 1. The Morgan fingerprint density at radius 1 is 1.04 bits per heavy atom. The second-order valence-electron chi connectivity index (χ2n) is 12.2. The number of carbonyl (C=O) groups excluding carboxylic acids is 3. The Hall–Kier alpha value is -3.26. The molecule has 6 rings (SSSR count). The van der Waals surface area contributed by atoms with Gasteiger partial charge in [-0.3, -0.25) is 19.3 Å². The summed E-state index contributed by atoms with van der Waals surface area (Å²) in [6, 6.07) is 13.4. The van der Waals surface area contributed by atoms with Crippen LogP contribution in [-0.4, -0.2) is 132 Å². The van der Waals surface area contributed by atoms with Gasteiger partial charge in [-0.15, -0.1) is 0 Å². The summed E-state index contributed by atoms with van der Waals surface area (Å²) in [7, 11) is 1.54. The number of aliphatic hydroxyl groups is 2. The molecule has 3 N–H and O–H groups in total. The molecule has 2 aromatic rings. The number of rotatable bonds is 4. The average molecular weight is 643 g/mol. The van der Waals surface area contributed by atoms with E-state index in [-0.39, 0.29) is 49.8 Å². The first-order valence-corrected chi connectivity index (χ1v) is 15.7. The number of benzene rings is 2. The minimum Gasteiger partial charge on any atom is -0.497 e. The number of hydrogen-bond donors (Lipinski definition) is 3. The van der Waals surface area contributed by atoms with Gasteiger partial charge in [-0.05, 0) is 48.4 Å². The normalized spacial score (nSPS) is 31.2. The lowest BCUT2D eigenvalue weighted by atomic mass is 10.0. The highest BCUT2D eigenvalue weighted by molar-refractivity contribution is 6.30. The minimum atomic E-state index is -1.31. The molecule has 6 bridgehead atoms. The molecule has 3 amide bonds. The smallest absolute Gasteiger partial charge is 0.254 e. The van der Waals surface area contributed by atoms with E-state index in [9.17, 15) is 24.6 Å². The third-order valence-electron chi connectivity index (χ3n) is 9.08. The molecule has 0 aliphatic carbocycles. The molecule has 2 aromatic carbocycles. The van der Waals surface area contributed by atoms with E-state index in [2.05, 4.69) is 10.2 Å². The summed E-state index contributed by atoms with van der Waals surface area (Å²) in [6.45, 7) is 1.97. The second-order valence-corrected chi connectivity index (χ2v) is 12.6. The summed E-state index contributed by atoms with van der Waals surface area (Å²) >= 11 is 6.24. The van der Waals surface area contributed by atoms with Crippen molar-refractivity contribution in [3.8, 4) is 5.75 Å². The number of carbonyl (C=O) groups is 3. The molecule has 13 heteroatoms. The number of amides is 3. The Balaban J connectivity index is 1.28. The van der Waals surface area contributed by atoms with E-state index in [0.29, 0.717) is 49.0 Å². The molecule has 0 saturated carbocycles. The van der Waals surface area contributed by atoms with Crippen LogP contribution < -0.4 is 10.1 Å². The summed E-state index contributed by atoms with van der Waals surface area (Å²) in [5.74, 6) is -0.140. The van der Waals surface area contributed by atoms with Gasteiger partial charge in [0.05, 0.1) is 38.4 Å². The maximum Gasteiger partial charge on any atom is 0.254 e. The van der Waals surface area contributed by atoms with Crippen LogP contribution in [0.15, 0.2) is 48.5 Å². The van der Waals surface area contributed by atoms with Crippen LogP contribution in [0.4, 0.5) is 0 Å². The molecule has 0 radical (unpaired) electrons. The molecule has 0 spiro atoms. The van der Waals surface area contributed by atoms with Crippen molar-refractivity contribution in [3.63, 3.8) is 0 Å². The molecular weight excluding hydrogens is 604 g/mol. The highest BCUT2D eigenvalue weighted by Gasteiger charge is 2.46. The lowest BCUT2D eigenvalue weighted by Crippen LogP contribution is -2.55. The van der Waals surface area contributed by atoms with Crippen molar-refractivity contribution in [3.05, 3.63) is 64.7 Å². The molecule has 12 nitrogen and oxygen atoms in total. The quantitative estimate of drug-likeness (QED) is 0.439. The minimum absolute atomic E-state index is 0.0479. The highest BCUT2D eigenvalue weighted by atomic mass is 35.5. The van der Waals surface area contributed by atoms with E-state index in [4.69, 9.17) is 25.8 Å². The second kappa shape index (κ2) is 13.6. The van der Waals surface area contributed by atoms with E-state index in [0.717, 1.165) is 5.56 Å². The van der Waals surface area contributed by atoms with E-state index < -0.39 is 36.6 Å². The van der Waals surface area contributed by atoms with Gasteiger partial charge in [0, 0.05) is 55.9 Å². The largest absolute Gasteiger partial charge is 0.497 e. The van der Waals surface area contributed by atoms with Crippen molar-refractivity contribution in [2.45, 2.75) is 62.0 Å². The van der Waals surface area contributed by atoms with E-state index in [1.54, 1.807) is 42.3 Å². The molecule has 242 valence electrons. The SMILES string of the molecule is COc1ccc(C(=O)N2C[C@@H]3CN(CCO3)C(=O)[C@@H]3C[C@@H](CN3Cc3cccc(Cl)c3)NC(=O)C[C@@H]3O[C@H](C2)[C@@H](O)[C@H]3O)cc1. The number of nitrogens with one attached hydrogen (secondary N) is 1. The van der Waals surface area contributed by atoms with Crippen LogP contribution in [0.25, 0.3) is 0 Å². The van der Waals surface area contributed by atoms with Gasteiger partial charge >= 0.3 is 0 Å². The van der Waals surface area contributed by atoms with Crippen LogP contribution in [0.2, 0.25) is 5.02 Å².